The number of nitriles is 1. The van der Waals surface area contributed by atoms with Gasteiger partial charge in [-0.15, -0.1) is 0 Å². The van der Waals surface area contributed by atoms with Crippen molar-refractivity contribution < 1.29 is 9.13 Å². The van der Waals surface area contributed by atoms with Gasteiger partial charge in [-0.1, -0.05) is 6.07 Å². The van der Waals surface area contributed by atoms with Crippen molar-refractivity contribution in [2.75, 3.05) is 27.2 Å². The Morgan fingerprint density at radius 2 is 2.12 bits per heavy atom. The summed E-state index contributed by atoms with van der Waals surface area (Å²) in [6.45, 7) is 1.30. The zero-order valence-corrected chi connectivity index (χ0v) is 13.4. The van der Waals surface area contributed by atoms with E-state index >= 15 is 0 Å². The first-order chi connectivity index (χ1) is 11.6. The van der Waals surface area contributed by atoms with Crippen LogP contribution in [-0.2, 0) is 0 Å². The summed E-state index contributed by atoms with van der Waals surface area (Å²) in [6.07, 6.45) is 1.43. The molecule has 1 aromatic carbocycles. The predicted molar refractivity (Wildman–Crippen MR) is 87.1 cm³/mol. The van der Waals surface area contributed by atoms with Gasteiger partial charge in [0.15, 0.2) is 5.65 Å². The lowest BCUT2D eigenvalue weighted by Crippen LogP contribution is -2.19. The number of rotatable bonds is 5. The van der Waals surface area contributed by atoms with Crippen molar-refractivity contribution in [1.82, 2.24) is 19.5 Å². The lowest BCUT2D eigenvalue weighted by molar-refractivity contribution is 0.261. The van der Waals surface area contributed by atoms with Crippen molar-refractivity contribution in [1.29, 1.82) is 5.26 Å². The molecule has 0 saturated heterocycles. The van der Waals surface area contributed by atoms with Crippen LogP contribution >= 0.6 is 0 Å². The summed E-state index contributed by atoms with van der Waals surface area (Å²) in [5, 5.41) is 13.0. The second-order valence-electron chi connectivity index (χ2n) is 5.56. The number of hydrogen-bond acceptors (Lipinski definition) is 5. The maximum atomic E-state index is 13.9. The third kappa shape index (κ3) is 3.19. The van der Waals surface area contributed by atoms with E-state index in [1.807, 2.05) is 25.1 Å². The van der Waals surface area contributed by atoms with Crippen LogP contribution in [0.15, 0.2) is 36.7 Å². The molecule has 0 unspecified atom stereocenters. The van der Waals surface area contributed by atoms with E-state index < -0.39 is 5.82 Å². The molecule has 0 fully saturated rings. The fraction of sp³-hybridized carbons (Fsp3) is 0.235. The molecular weight excluding hydrogens is 309 g/mol. The zero-order chi connectivity index (χ0) is 17.1. The Morgan fingerprint density at radius 3 is 2.83 bits per heavy atom. The molecule has 0 amide bonds. The standard InChI is InChI=1S/C17H16FN5O/c1-22(2)5-6-24-14-8-16(23-17(9-14)20-11-21-23)12-3-4-13(10-19)15(18)7-12/h3-4,7-9,11H,5-6H2,1-2H3. The van der Waals surface area contributed by atoms with Gasteiger partial charge >= 0.3 is 0 Å². The second-order valence-corrected chi connectivity index (χ2v) is 5.56. The number of pyridine rings is 1. The van der Waals surface area contributed by atoms with Gasteiger partial charge in [0.05, 0.1) is 11.3 Å². The average molecular weight is 325 g/mol. The van der Waals surface area contributed by atoms with Gasteiger partial charge in [0.25, 0.3) is 0 Å². The van der Waals surface area contributed by atoms with Gasteiger partial charge in [-0.2, -0.15) is 10.4 Å². The number of likely N-dealkylation sites (N-methyl/N-ethyl adjacent to an activating group) is 1. The van der Waals surface area contributed by atoms with E-state index in [1.54, 1.807) is 22.7 Å². The molecule has 0 aliphatic carbocycles. The highest BCUT2D eigenvalue weighted by Gasteiger charge is 2.11. The lowest BCUT2D eigenvalue weighted by Gasteiger charge is -2.13. The Labute approximate surface area is 138 Å². The van der Waals surface area contributed by atoms with Crippen molar-refractivity contribution in [3.05, 3.63) is 48.0 Å². The second kappa shape index (κ2) is 6.64. The molecule has 2 heterocycles. The molecule has 122 valence electrons. The number of aromatic nitrogens is 3. The lowest BCUT2D eigenvalue weighted by atomic mass is 10.1. The largest absolute Gasteiger partial charge is 0.492 e. The first-order valence-electron chi connectivity index (χ1n) is 7.40. The molecule has 3 aromatic rings. The number of benzene rings is 1. The normalized spacial score (nSPS) is 11.0. The molecule has 6 nitrogen and oxygen atoms in total. The van der Waals surface area contributed by atoms with Crippen LogP contribution in [0.5, 0.6) is 5.75 Å². The Balaban J connectivity index is 2.01. The molecule has 0 N–H and O–H groups in total. The van der Waals surface area contributed by atoms with E-state index in [0.29, 0.717) is 29.3 Å². The van der Waals surface area contributed by atoms with Crippen LogP contribution in [0.1, 0.15) is 5.56 Å². The summed E-state index contributed by atoms with van der Waals surface area (Å²) in [5.74, 6) is 0.0688. The number of nitrogens with zero attached hydrogens (tertiary/aromatic N) is 5. The predicted octanol–water partition coefficient (Wildman–Crippen LogP) is 2.35. The fourth-order valence-corrected chi connectivity index (χ4v) is 2.30. The van der Waals surface area contributed by atoms with Crippen LogP contribution in [0.3, 0.4) is 0 Å². The minimum Gasteiger partial charge on any atom is -0.492 e. The molecule has 7 heteroatoms. The number of hydrogen-bond donors (Lipinski definition) is 0. The SMILES string of the molecule is CN(C)CCOc1cc(-c2ccc(C#N)c(F)c2)n2ncnc2c1. The van der Waals surface area contributed by atoms with E-state index in [9.17, 15) is 4.39 Å². The van der Waals surface area contributed by atoms with Crippen molar-refractivity contribution in [2.24, 2.45) is 0 Å². The van der Waals surface area contributed by atoms with Crippen molar-refractivity contribution in [3.63, 3.8) is 0 Å². The van der Waals surface area contributed by atoms with Crippen LogP contribution in [-0.4, -0.2) is 46.7 Å². The van der Waals surface area contributed by atoms with E-state index in [-0.39, 0.29) is 5.56 Å². The summed E-state index contributed by atoms with van der Waals surface area (Å²) in [5.41, 5.74) is 1.86. The molecule has 3 rings (SSSR count). The third-order valence-electron chi connectivity index (χ3n) is 3.55. The van der Waals surface area contributed by atoms with Crippen molar-refractivity contribution in [3.8, 4) is 23.1 Å². The third-order valence-corrected chi connectivity index (χ3v) is 3.55. The molecule has 24 heavy (non-hydrogen) atoms. The Morgan fingerprint density at radius 1 is 1.29 bits per heavy atom. The highest BCUT2D eigenvalue weighted by atomic mass is 19.1. The molecule has 0 spiro atoms. The van der Waals surface area contributed by atoms with Gasteiger partial charge in [-0.05, 0) is 26.2 Å². The molecule has 0 aliphatic heterocycles. The summed E-state index contributed by atoms with van der Waals surface area (Å²) in [6, 6.07) is 9.84. The summed E-state index contributed by atoms with van der Waals surface area (Å²) in [4.78, 5) is 6.20. The smallest absolute Gasteiger partial charge is 0.159 e. The van der Waals surface area contributed by atoms with E-state index in [2.05, 4.69) is 10.1 Å². The van der Waals surface area contributed by atoms with Crippen molar-refractivity contribution >= 4 is 5.65 Å². The number of halogens is 1. The monoisotopic (exact) mass is 325 g/mol. The van der Waals surface area contributed by atoms with Gasteiger partial charge in [0.2, 0.25) is 0 Å². The molecule has 0 saturated carbocycles. The highest BCUT2D eigenvalue weighted by molar-refractivity contribution is 5.66. The maximum Gasteiger partial charge on any atom is 0.159 e. The van der Waals surface area contributed by atoms with Gasteiger partial charge < -0.3 is 9.64 Å². The van der Waals surface area contributed by atoms with E-state index in [4.69, 9.17) is 10.00 Å². The number of fused-ring (bicyclic) bond motifs is 1. The van der Waals surface area contributed by atoms with E-state index in [1.165, 1.54) is 18.5 Å². The highest BCUT2D eigenvalue weighted by Crippen LogP contribution is 2.26. The van der Waals surface area contributed by atoms with Crippen LogP contribution in [0, 0.1) is 17.1 Å². The van der Waals surface area contributed by atoms with Crippen LogP contribution < -0.4 is 4.74 Å². The van der Waals surface area contributed by atoms with Gasteiger partial charge in [0, 0.05) is 24.2 Å². The Hall–Kier alpha value is -2.98. The van der Waals surface area contributed by atoms with Crippen LogP contribution in [0.25, 0.3) is 16.9 Å². The summed E-state index contributed by atoms with van der Waals surface area (Å²) < 4.78 is 21.3. The van der Waals surface area contributed by atoms with Gasteiger partial charge in [-0.25, -0.2) is 13.9 Å². The van der Waals surface area contributed by atoms with Gasteiger partial charge in [-0.3, -0.25) is 0 Å². The van der Waals surface area contributed by atoms with Gasteiger partial charge in [0.1, 0.15) is 30.6 Å². The fourth-order valence-electron chi connectivity index (χ4n) is 2.30. The first-order valence-corrected chi connectivity index (χ1v) is 7.40. The zero-order valence-electron chi connectivity index (χ0n) is 13.4. The molecule has 2 aromatic heterocycles. The maximum absolute atomic E-state index is 13.9. The van der Waals surface area contributed by atoms with Crippen LogP contribution in [0.2, 0.25) is 0 Å². The van der Waals surface area contributed by atoms with Crippen LogP contribution in [0.4, 0.5) is 4.39 Å². The molecular formula is C17H16FN5O. The topological polar surface area (TPSA) is 66.5 Å². The molecule has 0 bridgehead atoms. The molecule has 0 aliphatic rings. The average Bonchev–Trinajstić information content (AvgIpc) is 3.02. The van der Waals surface area contributed by atoms with Crippen molar-refractivity contribution in [2.45, 2.75) is 0 Å². The molecule has 0 radical (unpaired) electrons. The Kier molecular flexibility index (Phi) is 4.40. The quantitative estimate of drug-likeness (QED) is 0.720. The summed E-state index contributed by atoms with van der Waals surface area (Å²) >= 11 is 0. The minimum atomic E-state index is -0.567. The minimum absolute atomic E-state index is 0.00646. The molecule has 0 atom stereocenters. The number of ether oxygens (including phenoxy) is 1. The summed E-state index contributed by atoms with van der Waals surface area (Å²) in [7, 11) is 3.94. The first kappa shape index (κ1) is 15.9. The Bertz CT molecular complexity index is 913. The van der Waals surface area contributed by atoms with E-state index in [0.717, 1.165) is 6.54 Å².